The minimum Gasteiger partial charge on any atom is -0.478 e. The van der Waals surface area contributed by atoms with E-state index in [1.54, 1.807) is 23.2 Å². The lowest BCUT2D eigenvalue weighted by Gasteiger charge is -2.43. The normalized spacial score (nSPS) is 23.6. The molecule has 2 aliphatic heterocycles. The van der Waals surface area contributed by atoms with Crippen molar-refractivity contribution in [1.29, 1.82) is 0 Å². The van der Waals surface area contributed by atoms with Gasteiger partial charge in [-0.2, -0.15) is 0 Å². The molecular weight excluding hydrogens is 482 g/mol. The monoisotopic (exact) mass is 514 g/mol. The first-order chi connectivity index (χ1) is 17.3. The van der Waals surface area contributed by atoms with Gasteiger partial charge in [0.05, 0.1) is 17.9 Å². The molecule has 2 aromatic carbocycles. The van der Waals surface area contributed by atoms with E-state index in [9.17, 15) is 13.6 Å². The van der Waals surface area contributed by atoms with Crippen molar-refractivity contribution >= 4 is 23.5 Å². The molecule has 2 unspecified atom stereocenters. The highest BCUT2D eigenvalue weighted by molar-refractivity contribution is 7.97. The van der Waals surface area contributed by atoms with Crippen LogP contribution < -0.4 is 5.01 Å². The fourth-order valence-corrected chi connectivity index (χ4v) is 6.14. The number of nitrogens with zero attached hydrogens (tertiary/aromatic N) is 4. The van der Waals surface area contributed by atoms with Crippen LogP contribution in [0.5, 0.6) is 0 Å². The molecule has 5 rings (SSSR count). The third-order valence-corrected chi connectivity index (χ3v) is 7.85. The third-order valence-electron chi connectivity index (χ3n) is 6.76. The molecule has 0 bridgehead atoms. The summed E-state index contributed by atoms with van der Waals surface area (Å²) in [4.78, 5) is 16.1. The van der Waals surface area contributed by atoms with Crippen molar-refractivity contribution in [1.82, 2.24) is 14.2 Å². The molecule has 1 amide bonds. The minimum absolute atomic E-state index is 0.165. The largest absolute Gasteiger partial charge is 0.478 e. The minimum atomic E-state index is -1.13. The van der Waals surface area contributed by atoms with Gasteiger partial charge in [-0.15, -0.1) is 0 Å². The second-order valence-electron chi connectivity index (χ2n) is 9.70. The lowest BCUT2D eigenvalue weighted by Crippen LogP contribution is -2.55. The van der Waals surface area contributed by atoms with Crippen LogP contribution in [-0.4, -0.2) is 65.1 Å². The smallest absolute Gasteiger partial charge is 0.309 e. The zero-order valence-electron chi connectivity index (χ0n) is 20.9. The molecule has 0 spiro atoms. The fourth-order valence-electron chi connectivity index (χ4n) is 5.16. The topological polar surface area (TPSA) is 39.3 Å². The van der Waals surface area contributed by atoms with Crippen LogP contribution in [0.3, 0.4) is 0 Å². The van der Waals surface area contributed by atoms with Crippen molar-refractivity contribution in [2.75, 3.05) is 44.8 Å². The Morgan fingerprint density at radius 3 is 2.44 bits per heavy atom. The van der Waals surface area contributed by atoms with Crippen molar-refractivity contribution in [2.45, 2.75) is 37.8 Å². The van der Waals surface area contributed by atoms with E-state index in [0.717, 1.165) is 37.4 Å². The maximum Gasteiger partial charge on any atom is 0.309 e. The number of likely N-dealkylation sites (N-methyl/N-ethyl adjacent to an activating group) is 1. The molecular formula is C27H32F2N4O2S. The molecule has 0 radical (unpaired) electrons. The Labute approximate surface area is 215 Å². The molecule has 3 aliphatic rings. The first kappa shape index (κ1) is 25.0. The van der Waals surface area contributed by atoms with Crippen molar-refractivity contribution in [2.24, 2.45) is 0 Å². The van der Waals surface area contributed by atoms with Crippen LogP contribution in [0.2, 0.25) is 0 Å². The SMILES string of the molecule is CC(C)SN1CCN(C2=C(OC3CC(F)c4ccccc43)C(=O)N(c3cccc(F)c3)N(C)C2)CC1. The molecule has 2 aromatic rings. The van der Waals surface area contributed by atoms with Crippen molar-refractivity contribution in [3.05, 3.63) is 76.9 Å². The van der Waals surface area contributed by atoms with Crippen LogP contribution in [0.4, 0.5) is 14.5 Å². The first-order valence-corrected chi connectivity index (χ1v) is 13.3. The Morgan fingerprint density at radius 2 is 1.75 bits per heavy atom. The van der Waals surface area contributed by atoms with Gasteiger partial charge in [0.1, 0.15) is 18.1 Å². The van der Waals surface area contributed by atoms with Gasteiger partial charge < -0.3 is 9.64 Å². The number of hydrogen-bond donors (Lipinski definition) is 0. The highest BCUT2D eigenvalue weighted by Gasteiger charge is 2.40. The van der Waals surface area contributed by atoms with Gasteiger partial charge in [-0.1, -0.05) is 56.1 Å². The number of fused-ring (bicyclic) bond motifs is 1. The van der Waals surface area contributed by atoms with Gasteiger partial charge in [0.15, 0.2) is 0 Å². The number of alkyl halides is 1. The highest BCUT2D eigenvalue weighted by atomic mass is 32.2. The summed E-state index contributed by atoms with van der Waals surface area (Å²) in [5, 5.41) is 3.74. The Morgan fingerprint density at radius 1 is 1.03 bits per heavy atom. The molecule has 1 saturated heterocycles. The number of amides is 1. The lowest BCUT2D eigenvalue weighted by atomic mass is 10.1. The van der Waals surface area contributed by atoms with Crippen LogP contribution in [0.15, 0.2) is 60.0 Å². The van der Waals surface area contributed by atoms with Gasteiger partial charge in [-0.05, 0) is 29.3 Å². The number of rotatable bonds is 6. The molecule has 2 heterocycles. The van der Waals surface area contributed by atoms with E-state index in [0.29, 0.717) is 23.0 Å². The summed E-state index contributed by atoms with van der Waals surface area (Å²) in [5.41, 5.74) is 2.62. The second kappa shape index (κ2) is 10.4. The van der Waals surface area contributed by atoms with Crippen molar-refractivity contribution in [3.8, 4) is 0 Å². The highest BCUT2D eigenvalue weighted by Crippen LogP contribution is 2.45. The van der Waals surface area contributed by atoms with Gasteiger partial charge in [0.2, 0.25) is 5.76 Å². The number of carbonyl (C=O) groups excluding carboxylic acids is 1. The van der Waals surface area contributed by atoms with Crippen LogP contribution in [0, 0.1) is 5.82 Å². The molecule has 0 aromatic heterocycles. The number of halogens is 2. The third kappa shape index (κ3) is 4.96. The van der Waals surface area contributed by atoms with Crippen LogP contribution in [-0.2, 0) is 9.53 Å². The first-order valence-electron chi connectivity index (χ1n) is 12.4. The number of ether oxygens (including phenoxy) is 1. The molecule has 9 heteroatoms. The standard InChI is InChI=1S/C27H32F2N4O2S/c1-18(2)36-32-13-11-31(12-14-32)24-17-30(3)33(20-8-6-7-19(28)15-20)27(34)26(24)35-25-16-23(29)21-9-4-5-10-22(21)25/h4-10,15,18,23,25H,11-14,16-17H2,1-3H3. The molecule has 0 saturated carbocycles. The Kier molecular flexibility index (Phi) is 7.23. The quantitative estimate of drug-likeness (QED) is 0.501. The number of benzene rings is 2. The molecule has 0 N–H and O–H groups in total. The zero-order chi connectivity index (χ0) is 25.4. The van der Waals surface area contributed by atoms with Gasteiger partial charge in [0.25, 0.3) is 0 Å². The van der Waals surface area contributed by atoms with Crippen LogP contribution in [0.25, 0.3) is 0 Å². The Balaban J connectivity index is 1.48. The summed E-state index contributed by atoms with van der Waals surface area (Å²) < 4.78 is 37.6. The van der Waals surface area contributed by atoms with Gasteiger partial charge in [-0.25, -0.2) is 23.1 Å². The zero-order valence-corrected chi connectivity index (χ0v) is 21.7. The van der Waals surface area contributed by atoms with Gasteiger partial charge >= 0.3 is 5.91 Å². The maximum absolute atomic E-state index is 14.8. The number of carbonyl (C=O) groups is 1. The number of hydrazine groups is 1. The van der Waals surface area contributed by atoms with E-state index in [1.807, 2.05) is 37.2 Å². The second-order valence-corrected chi connectivity index (χ2v) is 11.4. The number of anilines is 1. The van der Waals surface area contributed by atoms with E-state index in [1.165, 1.54) is 17.1 Å². The van der Waals surface area contributed by atoms with Crippen LogP contribution in [0.1, 0.15) is 43.7 Å². The van der Waals surface area contributed by atoms with Gasteiger partial charge in [0, 0.05) is 44.9 Å². The van der Waals surface area contributed by atoms with E-state index in [2.05, 4.69) is 23.1 Å². The van der Waals surface area contributed by atoms with E-state index in [4.69, 9.17) is 4.74 Å². The number of hydrogen-bond acceptors (Lipinski definition) is 6. The molecule has 6 nitrogen and oxygen atoms in total. The molecule has 2 atom stereocenters. The summed E-state index contributed by atoms with van der Waals surface area (Å²) in [6.45, 7) is 8.03. The predicted octanol–water partition coefficient (Wildman–Crippen LogP) is 5.08. The Bertz CT molecular complexity index is 1150. The summed E-state index contributed by atoms with van der Waals surface area (Å²) >= 11 is 1.84. The average molecular weight is 515 g/mol. The van der Waals surface area contributed by atoms with E-state index < -0.39 is 18.1 Å². The summed E-state index contributed by atoms with van der Waals surface area (Å²) in [6, 6.07) is 13.3. The number of piperazine rings is 1. The van der Waals surface area contributed by atoms with E-state index in [-0.39, 0.29) is 18.1 Å². The fraction of sp³-hybridized carbons (Fsp3) is 0.444. The summed E-state index contributed by atoms with van der Waals surface area (Å²) in [6.07, 6.45) is -1.52. The maximum atomic E-state index is 14.8. The average Bonchev–Trinajstić information content (AvgIpc) is 3.16. The molecule has 1 aliphatic carbocycles. The Hall–Kier alpha value is -2.62. The van der Waals surface area contributed by atoms with E-state index >= 15 is 0 Å². The molecule has 36 heavy (non-hydrogen) atoms. The van der Waals surface area contributed by atoms with Crippen LogP contribution >= 0.6 is 11.9 Å². The lowest BCUT2D eigenvalue weighted by molar-refractivity contribution is -0.124. The van der Waals surface area contributed by atoms with Crippen molar-refractivity contribution < 1.29 is 18.3 Å². The summed E-state index contributed by atoms with van der Waals surface area (Å²) in [5.74, 6) is -0.575. The molecule has 1 fully saturated rings. The van der Waals surface area contributed by atoms with Crippen molar-refractivity contribution in [3.63, 3.8) is 0 Å². The van der Waals surface area contributed by atoms with Gasteiger partial charge in [-0.3, -0.25) is 4.79 Å². The predicted molar refractivity (Wildman–Crippen MR) is 138 cm³/mol. The summed E-state index contributed by atoms with van der Waals surface area (Å²) in [7, 11) is 1.81. The molecule has 192 valence electrons.